The monoisotopic (exact) mass is 312 g/mol. The van der Waals surface area contributed by atoms with Gasteiger partial charge in [-0.1, -0.05) is 35.3 Å². The predicted octanol–water partition coefficient (Wildman–Crippen LogP) is 3.94. The standard InChI is InChI=1S/C14H18Cl2N4/c1-4-7-17-9(2)14-10(3)20(19-18-14)11-5-6-12(15)13(16)8-11/h5-6,8-9,17H,4,7H2,1-3H3. The zero-order valence-electron chi connectivity index (χ0n) is 11.8. The molecule has 108 valence electrons. The molecule has 1 unspecified atom stereocenters. The van der Waals surface area contributed by atoms with E-state index in [4.69, 9.17) is 23.2 Å². The lowest BCUT2D eigenvalue weighted by Crippen LogP contribution is -2.20. The van der Waals surface area contributed by atoms with Crippen molar-refractivity contribution in [1.29, 1.82) is 0 Å². The van der Waals surface area contributed by atoms with Crippen LogP contribution in [0.4, 0.5) is 0 Å². The number of hydrogen-bond acceptors (Lipinski definition) is 3. The van der Waals surface area contributed by atoms with Crippen molar-refractivity contribution in [2.24, 2.45) is 0 Å². The van der Waals surface area contributed by atoms with Crippen LogP contribution in [-0.4, -0.2) is 21.5 Å². The van der Waals surface area contributed by atoms with Gasteiger partial charge in [0.2, 0.25) is 0 Å². The second-order valence-electron chi connectivity index (χ2n) is 4.75. The zero-order valence-corrected chi connectivity index (χ0v) is 13.3. The largest absolute Gasteiger partial charge is 0.309 e. The first kappa shape index (κ1) is 15.3. The number of rotatable bonds is 5. The normalized spacial score (nSPS) is 12.7. The van der Waals surface area contributed by atoms with Crippen LogP contribution in [-0.2, 0) is 0 Å². The minimum atomic E-state index is 0.173. The van der Waals surface area contributed by atoms with Gasteiger partial charge in [-0.15, -0.1) is 5.10 Å². The third-order valence-electron chi connectivity index (χ3n) is 3.19. The van der Waals surface area contributed by atoms with Gasteiger partial charge < -0.3 is 5.32 Å². The molecule has 1 aromatic carbocycles. The first-order valence-electron chi connectivity index (χ1n) is 6.65. The van der Waals surface area contributed by atoms with E-state index < -0.39 is 0 Å². The molecule has 1 N–H and O–H groups in total. The molecular formula is C14H18Cl2N4. The maximum Gasteiger partial charge on any atom is 0.103 e. The molecule has 20 heavy (non-hydrogen) atoms. The van der Waals surface area contributed by atoms with E-state index in [0.29, 0.717) is 10.0 Å². The Hall–Kier alpha value is -1.10. The van der Waals surface area contributed by atoms with Crippen LogP contribution in [0.3, 0.4) is 0 Å². The lowest BCUT2D eigenvalue weighted by molar-refractivity contribution is 0.555. The highest BCUT2D eigenvalue weighted by Gasteiger charge is 2.16. The third kappa shape index (κ3) is 3.14. The van der Waals surface area contributed by atoms with Gasteiger partial charge in [-0.05, 0) is 45.0 Å². The first-order valence-corrected chi connectivity index (χ1v) is 7.41. The van der Waals surface area contributed by atoms with Crippen LogP contribution >= 0.6 is 23.2 Å². The predicted molar refractivity (Wildman–Crippen MR) is 82.8 cm³/mol. The molecule has 0 aliphatic heterocycles. The molecular weight excluding hydrogens is 295 g/mol. The van der Waals surface area contributed by atoms with E-state index in [1.165, 1.54) is 0 Å². The van der Waals surface area contributed by atoms with E-state index in [0.717, 1.165) is 30.0 Å². The average Bonchev–Trinajstić information content (AvgIpc) is 2.81. The Morgan fingerprint density at radius 2 is 2.05 bits per heavy atom. The fourth-order valence-corrected chi connectivity index (χ4v) is 2.35. The SMILES string of the molecule is CCCNC(C)c1nnn(-c2ccc(Cl)c(Cl)c2)c1C. The van der Waals surface area contributed by atoms with Gasteiger partial charge in [0, 0.05) is 0 Å². The van der Waals surface area contributed by atoms with Crippen molar-refractivity contribution in [2.45, 2.75) is 33.2 Å². The maximum atomic E-state index is 6.05. The van der Waals surface area contributed by atoms with Crippen LogP contribution in [0, 0.1) is 6.92 Å². The first-order chi connectivity index (χ1) is 9.54. The maximum absolute atomic E-state index is 6.05. The Bertz CT molecular complexity index is 595. The molecule has 1 atom stereocenters. The van der Waals surface area contributed by atoms with Gasteiger partial charge in [0.25, 0.3) is 0 Å². The summed E-state index contributed by atoms with van der Waals surface area (Å²) in [5.74, 6) is 0. The van der Waals surface area contributed by atoms with Crippen molar-refractivity contribution >= 4 is 23.2 Å². The quantitative estimate of drug-likeness (QED) is 0.909. The molecule has 0 spiro atoms. The summed E-state index contributed by atoms with van der Waals surface area (Å²) in [6.45, 7) is 7.19. The summed E-state index contributed by atoms with van der Waals surface area (Å²) >= 11 is 12.0. The Morgan fingerprint density at radius 1 is 1.30 bits per heavy atom. The smallest absolute Gasteiger partial charge is 0.103 e. The third-order valence-corrected chi connectivity index (χ3v) is 3.93. The van der Waals surface area contributed by atoms with Crippen molar-refractivity contribution in [1.82, 2.24) is 20.3 Å². The van der Waals surface area contributed by atoms with E-state index in [2.05, 4.69) is 29.5 Å². The van der Waals surface area contributed by atoms with Crippen LogP contribution in [0.15, 0.2) is 18.2 Å². The van der Waals surface area contributed by atoms with Gasteiger partial charge in [-0.25, -0.2) is 4.68 Å². The molecule has 1 aromatic heterocycles. The summed E-state index contributed by atoms with van der Waals surface area (Å²) in [5.41, 5.74) is 2.81. The summed E-state index contributed by atoms with van der Waals surface area (Å²) in [7, 11) is 0. The van der Waals surface area contributed by atoms with E-state index in [-0.39, 0.29) is 6.04 Å². The molecule has 4 nitrogen and oxygen atoms in total. The summed E-state index contributed by atoms with van der Waals surface area (Å²) in [6, 6.07) is 5.61. The second-order valence-corrected chi connectivity index (χ2v) is 5.56. The van der Waals surface area contributed by atoms with Crippen LogP contribution in [0.5, 0.6) is 0 Å². The molecule has 0 amide bonds. The Kier molecular flexibility index (Phi) is 5.02. The number of hydrogen-bond donors (Lipinski definition) is 1. The van der Waals surface area contributed by atoms with Gasteiger partial charge in [-0.2, -0.15) is 0 Å². The highest BCUT2D eigenvalue weighted by atomic mass is 35.5. The summed E-state index contributed by atoms with van der Waals surface area (Å²) < 4.78 is 1.78. The van der Waals surface area contributed by atoms with Gasteiger partial charge in [-0.3, -0.25) is 0 Å². The van der Waals surface area contributed by atoms with Crippen LogP contribution in [0.1, 0.15) is 37.7 Å². The molecule has 1 heterocycles. The van der Waals surface area contributed by atoms with E-state index in [9.17, 15) is 0 Å². The van der Waals surface area contributed by atoms with Crippen molar-refractivity contribution in [3.63, 3.8) is 0 Å². The molecule has 0 radical (unpaired) electrons. The molecule has 0 fully saturated rings. The number of aromatic nitrogens is 3. The van der Waals surface area contributed by atoms with Gasteiger partial charge in [0.05, 0.1) is 27.5 Å². The molecule has 2 rings (SSSR count). The van der Waals surface area contributed by atoms with Crippen LogP contribution < -0.4 is 5.32 Å². The number of nitrogens with zero attached hydrogens (tertiary/aromatic N) is 3. The van der Waals surface area contributed by atoms with Gasteiger partial charge >= 0.3 is 0 Å². The highest BCUT2D eigenvalue weighted by Crippen LogP contribution is 2.25. The van der Waals surface area contributed by atoms with Crippen molar-refractivity contribution in [2.75, 3.05) is 6.54 Å². The lowest BCUT2D eigenvalue weighted by atomic mass is 10.2. The van der Waals surface area contributed by atoms with Crippen molar-refractivity contribution in [3.05, 3.63) is 39.6 Å². The number of nitrogens with one attached hydrogen (secondary N) is 1. The van der Waals surface area contributed by atoms with Crippen LogP contribution in [0.25, 0.3) is 5.69 Å². The molecule has 2 aromatic rings. The van der Waals surface area contributed by atoms with E-state index in [1.54, 1.807) is 16.8 Å². The molecule has 0 saturated heterocycles. The average molecular weight is 313 g/mol. The Labute approximate surface area is 129 Å². The topological polar surface area (TPSA) is 42.7 Å². The molecule has 0 aliphatic carbocycles. The van der Waals surface area contributed by atoms with Crippen LogP contribution in [0.2, 0.25) is 10.0 Å². The lowest BCUT2D eigenvalue weighted by Gasteiger charge is -2.11. The molecule has 0 saturated carbocycles. The minimum absolute atomic E-state index is 0.173. The van der Waals surface area contributed by atoms with Crippen molar-refractivity contribution < 1.29 is 0 Å². The Balaban J connectivity index is 2.30. The summed E-state index contributed by atoms with van der Waals surface area (Å²) in [5, 5.41) is 12.9. The Morgan fingerprint density at radius 3 is 2.70 bits per heavy atom. The number of benzene rings is 1. The molecule has 6 heteroatoms. The molecule has 0 bridgehead atoms. The minimum Gasteiger partial charge on any atom is -0.309 e. The molecule has 0 aliphatic rings. The second kappa shape index (κ2) is 6.57. The van der Waals surface area contributed by atoms with E-state index in [1.807, 2.05) is 13.0 Å². The summed E-state index contributed by atoms with van der Waals surface area (Å²) in [6.07, 6.45) is 1.09. The van der Waals surface area contributed by atoms with Gasteiger partial charge in [0.15, 0.2) is 0 Å². The zero-order chi connectivity index (χ0) is 14.7. The van der Waals surface area contributed by atoms with Crippen molar-refractivity contribution in [3.8, 4) is 5.69 Å². The highest BCUT2D eigenvalue weighted by molar-refractivity contribution is 6.42. The number of halogens is 2. The van der Waals surface area contributed by atoms with E-state index >= 15 is 0 Å². The fraction of sp³-hybridized carbons (Fsp3) is 0.429. The summed E-state index contributed by atoms with van der Waals surface area (Å²) in [4.78, 5) is 0. The van der Waals surface area contributed by atoms with Gasteiger partial charge in [0.1, 0.15) is 5.69 Å². The fourth-order valence-electron chi connectivity index (χ4n) is 2.06.